The predicted octanol–water partition coefficient (Wildman–Crippen LogP) is -0.0851. The van der Waals surface area contributed by atoms with Crippen molar-refractivity contribution in [1.29, 1.82) is 0 Å². The Morgan fingerprint density at radius 2 is 1.75 bits per heavy atom. The Bertz CT molecular complexity index is 199. The molecule has 0 aromatic rings. The Labute approximate surface area is 72.6 Å². The first-order valence-electron chi connectivity index (χ1n) is 4.52. The van der Waals surface area contributed by atoms with Crippen molar-refractivity contribution in [2.24, 2.45) is 0 Å². The minimum atomic E-state index is 0.854. The quantitative estimate of drug-likeness (QED) is 0.534. The molecular weight excluding hydrogens is 152 g/mol. The third-order valence-corrected chi connectivity index (χ3v) is 2.58. The van der Waals surface area contributed by atoms with E-state index in [1.54, 1.807) is 5.94 Å². The van der Waals surface area contributed by atoms with E-state index in [9.17, 15) is 4.79 Å². The number of hydrogen-bond donors (Lipinski definition) is 0. The molecule has 0 spiro atoms. The van der Waals surface area contributed by atoms with Crippen molar-refractivity contribution in [3.63, 3.8) is 0 Å². The second kappa shape index (κ2) is 3.30. The molecule has 1 radical (unpaired) electrons. The number of nitrogens with zero attached hydrogens (tertiary/aromatic N) is 2. The Morgan fingerprint density at radius 1 is 1.08 bits per heavy atom. The van der Waals surface area contributed by atoms with Gasteiger partial charge < -0.3 is 4.90 Å². The highest BCUT2D eigenvalue weighted by Crippen LogP contribution is 2.27. The van der Waals surface area contributed by atoms with E-state index in [0.717, 1.165) is 32.2 Å². The summed E-state index contributed by atoms with van der Waals surface area (Å²) in [4.78, 5) is 14.4. The van der Waals surface area contributed by atoms with Crippen molar-refractivity contribution in [3.05, 3.63) is 6.20 Å². The van der Waals surface area contributed by atoms with E-state index < -0.39 is 0 Å². The van der Waals surface area contributed by atoms with Crippen LogP contribution in [-0.2, 0) is 4.79 Å². The summed E-state index contributed by atoms with van der Waals surface area (Å²) in [6.07, 6.45) is 5.30. The Balaban J connectivity index is 1.79. The number of carbonyl (C=O) groups excluding carboxylic acids is 1. The maximum Gasteiger partial charge on any atom is 0.158 e. The summed E-state index contributed by atoms with van der Waals surface area (Å²) in [6, 6.07) is 0.854. The molecule has 2 fully saturated rings. The van der Waals surface area contributed by atoms with Crippen molar-refractivity contribution < 1.29 is 4.79 Å². The highest BCUT2D eigenvalue weighted by Gasteiger charge is 2.30. The summed E-state index contributed by atoms with van der Waals surface area (Å²) in [5.41, 5.74) is 0. The first kappa shape index (κ1) is 7.84. The molecule has 0 atom stereocenters. The lowest BCUT2D eigenvalue weighted by Crippen LogP contribution is -2.45. The van der Waals surface area contributed by atoms with Crippen LogP contribution in [0.5, 0.6) is 0 Å². The molecule has 3 nitrogen and oxygen atoms in total. The summed E-state index contributed by atoms with van der Waals surface area (Å²) in [5, 5.41) is 0. The zero-order valence-corrected chi connectivity index (χ0v) is 7.12. The van der Waals surface area contributed by atoms with Crippen LogP contribution in [0.3, 0.4) is 0 Å². The van der Waals surface area contributed by atoms with Crippen LogP contribution in [0.4, 0.5) is 0 Å². The second-order valence-electron chi connectivity index (χ2n) is 3.47. The van der Waals surface area contributed by atoms with Gasteiger partial charge in [-0.2, -0.15) is 0 Å². The summed E-state index contributed by atoms with van der Waals surface area (Å²) in [7, 11) is 0. The number of rotatable bonds is 2. The van der Waals surface area contributed by atoms with Gasteiger partial charge in [-0.15, -0.1) is 0 Å². The maximum atomic E-state index is 10.0. The van der Waals surface area contributed by atoms with Gasteiger partial charge in [-0.05, 0) is 12.8 Å². The van der Waals surface area contributed by atoms with Crippen molar-refractivity contribution in [3.8, 4) is 0 Å². The van der Waals surface area contributed by atoms with Crippen LogP contribution in [0.25, 0.3) is 0 Å². The fourth-order valence-electron chi connectivity index (χ4n) is 1.70. The van der Waals surface area contributed by atoms with E-state index in [1.165, 1.54) is 12.8 Å². The van der Waals surface area contributed by atoms with Gasteiger partial charge in [-0.25, -0.2) is 4.79 Å². The average molecular weight is 165 g/mol. The Kier molecular flexibility index (Phi) is 2.15. The molecule has 2 rings (SSSR count). The first-order chi connectivity index (χ1) is 5.90. The SMILES string of the molecule is O=C=[C]N1CCN(C2CC2)CC1. The van der Waals surface area contributed by atoms with Crippen molar-refractivity contribution in [2.45, 2.75) is 18.9 Å². The molecule has 1 saturated heterocycles. The molecule has 0 aromatic heterocycles. The van der Waals surface area contributed by atoms with Gasteiger partial charge in [0.1, 0.15) is 0 Å². The van der Waals surface area contributed by atoms with Crippen LogP contribution >= 0.6 is 0 Å². The predicted molar refractivity (Wildman–Crippen MR) is 45.1 cm³/mol. The van der Waals surface area contributed by atoms with Crippen LogP contribution in [0.1, 0.15) is 12.8 Å². The molecule has 0 unspecified atom stereocenters. The summed E-state index contributed by atoms with van der Waals surface area (Å²) in [5.74, 6) is 1.70. The molecule has 1 aliphatic carbocycles. The second-order valence-corrected chi connectivity index (χ2v) is 3.47. The molecule has 0 amide bonds. The van der Waals surface area contributed by atoms with Crippen molar-refractivity contribution >= 4 is 5.94 Å². The van der Waals surface area contributed by atoms with Gasteiger partial charge in [-0.1, -0.05) is 0 Å². The van der Waals surface area contributed by atoms with E-state index in [4.69, 9.17) is 0 Å². The zero-order valence-electron chi connectivity index (χ0n) is 7.12. The van der Waals surface area contributed by atoms with Crippen LogP contribution in [0, 0.1) is 6.20 Å². The van der Waals surface area contributed by atoms with Crippen LogP contribution in [0.2, 0.25) is 0 Å². The molecule has 3 heteroatoms. The van der Waals surface area contributed by atoms with E-state index in [-0.39, 0.29) is 0 Å². The van der Waals surface area contributed by atoms with E-state index in [0.29, 0.717) is 0 Å². The van der Waals surface area contributed by atoms with E-state index in [2.05, 4.69) is 11.1 Å². The summed E-state index contributed by atoms with van der Waals surface area (Å²) >= 11 is 0. The smallest absolute Gasteiger partial charge is 0.158 e. The molecule has 0 N–H and O–H groups in total. The maximum absolute atomic E-state index is 10.0. The van der Waals surface area contributed by atoms with E-state index in [1.807, 2.05) is 4.90 Å². The fraction of sp³-hybridized carbons (Fsp3) is 0.778. The Hall–Kier alpha value is -0.790. The average Bonchev–Trinajstić information content (AvgIpc) is 2.89. The Morgan fingerprint density at radius 3 is 2.25 bits per heavy atom. The molecule has 0 bridgehead atoms. The minimum Gasteiger partial charge on any atom is -0.358 e. The van der Waals surface area contributed by atoms with E-state index >= 15 is 0 Å². The molecule has 0 aromatic carbocycles. The molecule has 65 valence electrons. The molecule has 1 saturated carbocycles. The van der Waals surface area contributed by atoms with Crippen LogP contribution < -0.4 is 0 Å². The van der Waals surface area contributed by atoms with Gasteiger partial charge >= 0.3 is 0 Å². The van der Waals surface area contributed by atoms with Gasteiger partial charge in [0.15, 0.2) is 12.1 Å². The van der Waals surface area contributed by atoms with Crippen LogP contribution in [-0.4, -0.2) is 48.0 Å². The zero-order chi connectivity index (χ0) is 8.39. The van der Waals surface area contributed by atoms with Gasteiger partial charge in [0.25, 0.3) is 0 Å². The minimum absolute atomic E-state index is 0.854. The first-order valence-corrected chi connectivity index (χ1v) is 4.52. The lowest BCUT2D eigenvalue weighted by Gasteiger charge is -2.32. The number of piperazine rings is 1. The summed E-state index contributed by atoms with van der Waals surface area (Å²) in [6.45, 7) is 4.04. The van der Waals surface area contributed by atoms with Crippen molar-refractivity contribution in [1.82, 2.24) is 9.80 Å². The molecule has 1 aliphatic heterocycles. The normalized spacial score (nSPS) is 25.2. The molecule has 1 heterocycles. The van der Waals surface area contributed by atoms with Gasteiger partial charge in [0.05, 0.1) is 0 Å². The topological polar surface area (TPSA) is 23.6 Å². The molecular formula is C9H13N2O. The fourth-order valence-corrected chi connectivity index (χ4v) is 1.70. The lowest BCUT2D eigenvalue weighted by atomic mass is 10.3. The van der Waals surface area contributed by atoms with Crippen molar-refractivity contribution in [2.75, 3.05) is 26.2 Å². The van der Waals surface area contributed by atoms with Crippen LogP contribution in [0.15, 0.2) is 0 Å². The molecule has 12 heavy (non-hydrogen) atoms. The monoisotopic (exact) mass is 165 g/mol. The lowest BCUT2D eigenvalue weighted by molar-refractivity contribution is 0.157. The van der Waals surface area contributed by atoms with Gasteiger partial charge in [-0.3, -0.25) is 4.90 Å². The standard InChI is InChI=1S/C9H13N2O/c12-8-7-10-3-5-11(6-4-10)9-1-2-9/h9H,1-6H2. The third-order valence-electron chi connectivity index (χ3n) is 2.58. The summed E-state index contributed by atoms with van der Waals surface area (Å²) < 4.78 is 0. The molecule has 2 aliphatic rings. The highest BCUT2D eigenvalue weighted by molar-refractivity contribution is 5.40. The largest absolute Gasteiger partial charge is 0.358 e. The van der Waals surface area contributed by atoms with Gasteiger partial charge in [0, 0.05) is 32.2 Å². The third kappa shape index (κ3) is 1.68. The number of hydrogen-bond acceptors (Lipinski definition) is 3. The highest BCUT2D eigenvalue weighted by atomic mass is 16.1. The van der Waals surface area contributed by atoms with Gasteiger partial charge in [0.2, 0.25) is 0 Å².